The zero-order chi connectivity index (χ0) is 17.2. The predicted molar refractivity (Wildman–Crippen MR) is 101 cm³/mol. The van der Waals surface area contributed by atoms with E-state index in [-0.39, 0.29) is 10.8 Å². The van der Waals surface area contributed by atoms with Gasteiger partial charge in [0.15, 0.2) is 5.78 Å². The average molecular weight is 335 g/mol. The topological polar surface area (TPSA) is 20.3 Å². The van der Waals surface area contributed by atoms with Crippen molar-refractivity contribution in [2.75, 3.05) is 19.6 Å². The van der Waals surface area contributed by atoms with Crippen molar-refractivity contribution < 1.29 is 4.79 Å². The Morgan fingerprint density at radius 1 is 1.08 bits per heavy atom. The van der Waals surface area contributed by atoms with Crippen LogP contribution < -0.4 is 0 Å². The number of benzene rings is 1. The monoisotopic (exact) mass is 335 g/mol. The van der Waals surface area contributed by atoms with Gasteiger partial charge in [0.1, 0.15) is 0 Å². The smallest absolute Gasteiger partial charge is 0.169 e. The van der Waals surface area contributed by atoms with E-state index in [0.29, 0.717) is 5.78 Å². The van der Waals surface area contributed by atoms with Crippen LogP contribution in [-0.4, -0.2) is 30.3 Å². The number of allylic oxidation sites excluding steroid dienone is 2. The van der Waals surface area contributed by atoms with Crippen LogP contribution in [0, 0.1) is 23.2 Å². The van der Waals surface area contributed by atoms with Gasteiger partial charge in [-0.2, -0.15) is 0 Å². The molecule has 2 bridgehead atoms. The van der Waals surface area contributed by atoms with E-state index in [1.807, 2.05) is 12.1 Å². The Morgan fingerprint density at radius 2 is 1.84 bits per heavy atom. The van der Waals surface area contributed by atoms with E-state index >= 15 is 0 Å². The molecule has 1 heterocycles. The molecule has 1 aromatic rings. The van der Waals surface area contributed by atoms with Crippen LogP contribution in [0.2, 0.25) is 0 Å². The minimum atomic E-state index is -0.266. The SMILES string of the molecule is CC1(C)C(=O)c2ccccc2C12CCN(C[C@H]1C[C@H]3C=C[C@@H]1C3)CC2. The zero-order valence-electron chi connectivity index (χ0n) is 15.5. The van der Waals surface area contributed by atoms with Crippen molar-refractivity contribution in [1.29, 1.82) is 0 Å². The molecule has 3 aliphatic carbocycles. The van der Waals surface area contributed by atoms with E-state index in [9.17, 15) is 4.79 Å². The van der Waals surface area contributed by atoms with Crippen molar-refractivity contribution >= 4 is 5.78 Å². The third-order valence-corrected chi connectivity index (χ3v) is 8.07. The number of hydrogen-bond acceptors (Lipinski definition) is 2. The normalized spacial score (nSPS) is 34.8. The lowest BCUT2D eigenvalue weighted by atomic mass is 9.60. The first kappa shape index (κ1) is 15.8. The molecule has 1 saturated carbocycles. The first-order valence-electron chi connectivity index (χ1n) is 10.1. The van der Waals surface area contributed by atoms with Crippen molar-refractivity contribution in [3.05, 3.63) is 47.5 Å². The first-order valence-corrected chi connectivity index (χ1v) is 10.1. The number of nitrogens with zero attached hydrogens (tertiary/aromatic N) is 1. The molecule has 1 aromatic carbocycles. The van der Waals surface area contributed by atoms with Crippen LogP contribution >= 0.6 is 0 Å². The average Bonchev–Trinajstić information content (AvgIpc) is 3.28. The number of piperidine rings is 1. The fourth-order valence-electron chi connectivity index (χ4n) is 6.44. The standard InChI is InChI=1S/C23H29NO/c1-22(2)21(25)19-5-3-4-6-20(19)23(22)9-11-24(12-10-23)15-18-14-16-7-8-17(18)13-16/h3-8,16-18H,9-15H2,1-2H3/t16-,17+,18+/m0/s1. The van der Waals surface area contributed by atoms with Crippen LogP contribution in [-0.2, 0) is 5.41 Å². The van der Waals surface area contributed by atoms with Crippen molar-refractivity contribution in [3.63, 3.8) is 0 Å². The largest absolute Gasteiger partial charge is 0.303 e. The number of rotatable bonds is 2. The van der Waals surface area contributed by atoms with Crippen LogP contribution in [0.5, 0.6) is 0 Å². The molecule has 1 aliphatic heterocycles. The van der Waals surface area contributed by atoms with E-state index in [0.717, 1.165) is 49.2 Å². The molecule has 2 nitrogen and oxygen atoms in total. The molecule has 0 amide bonds. The molecule has 132 valence electrons. The van der Waals surface area contributed by atoms with Crippen LogP contribution in [0.3, 0.4) is 0 Å². The van der Waals surface area contributed by atoms with Crippen molar-refractivity contribution in [2.24, 2.45) is 23.2 Å². The molecular formula is C23H29NO. The Kier molecular flexibility index (Phi) is 3.35. The van der Waals surface area contributed by atoms with Gasteiger partial charge in [0.05, 0.1) is 0 Å². The van der Waals surface area contributed by atoms with E-state index in [1.54, 1.807) is 0 Å². The summed E-state index contributed by atoms with van der Waals surface area (Å²) in [5.41, 5.74) is 2.09. The third-order valence-electron chi connectivity index (χ3n) is 8.07. The molecule has 0 radical (unpaired) electrons. The van der Waals surface area contributed by atoms with E-state index < -0.39 is 0 Å². The molecule has 1 saturated heterocycles. The molecule has 0 aromatic heterocycles. The molecular weight excluding hydrogens is 306 g/mol. The summed E-state index contributed by atoms with van der Waals surface area (Å²) in [7, 11) is 0. The summed E-state index contributed by atoms with van der Waals surface area (Å²) in [5, 5.41) is 0. The summed E-state index contributed by atoms with van der Waals surface area (Å²) in [6, 6.07) is 8.40. The summed E-state index contributed by atoms with van der Waals surface area (Å²) in [5.74, 6) is 2.93. The van der Waals surface area contributed by atoms with Crippen LogP contribution in [0.1, 0.15) is 55.5 Å². The summed E-state index contributed by atoms with van der Waals surface area (Å²) in [4.78, 5) is 15.7. The molecule has 2 heteroatoms. The number of hydrogen-bond donors (Lipinski definition) is 0. The van der Waals surface area contributed by atoms with Gasteiger partial charge < -0.3 is 4.90 Å². The molecule has 4 aliphatic rings. The van der Waals surface area contributed by atoms with E-state index in [1.165, 1.54) is 24.9 Å². The summed E-state index contributed by atoms with van der Waals surface area (Å²) in [6.45, 7) is 7.92. The van der Waals surface area contributed by atoms with Crippen molar-refractivity contribution in [1.82, 2.24) is 4.90 Å². The van der Waals surface area contributed by atoms with Gasteiger partial charge in [-0.3, -0.25) is 4.79 Å². The lowest BCUT2D eigenvalue weighted by Gasteiger charge is -2.47. The highest BCUT2D eigenvalue weighted by atomic mass is 16.1. The van der Waals surface area contributed by atoms with Gasteiger partial charge in [-0.15, -0.1) is 0 Å². The van der Waals surface area contributed by atoms with Crippen molar-refractivity contribution in [2.45, 2.75) is 44.9 Å². The van der Waals surface area contributed by atoms with Crippen LogP contribution in [0.25, 0.3) is 0 Å². The molecule has 3 atom stereocenters. The number of Topliss-reactive ketones (excluding diaryl/α,β-unsaturated/α-hetero) is 1. The van der Waals surface area contributed by atoms with Gasteiger partial charge in [0.2, 0.25) is 0 Å². The number of carbonyl (C=O) groups excluding carboxylic acids is 1. The Hall–Kier alpha value is -1.41. The van der Waals surface area contributed by atoms with Gasteiger partial charge in [-0.1, -0.05) is 50.3 Å². The molecule has 2 fully saturated rings. The number of likely N-dealkylation sites (tertiary alicyclic amines) is 1. The van der Waals surface area contributed by atoms with Gasteiger partial charge >= 0.3 is 0 Å². The fraction of sp³-hybridized carbons (Fsp3) is 0.609. The van der Waals surface area contributed by atoms with Crippen molar-refractivity contribution in [3.8, 4) is 0 Å². The molecule has 5 rings (SSSR count). The Bertz CT molecular complexity index is 738. The lowest BCUT2D eigenvalue weighted by Crippen LogP contribution is -2.50. The molecule has 0 N–H and O–H groups in total. The molecule has 25 heavy (non-hydrogen) atoms. The highest BCUT2D eigenvalue weighted by Crippen LogP contribution is 2.57. The predicted octanol–water partition coefficient (Wildman–Crippen LogP) is 4.45. The summed E-state index contributed by atoms with van der Waals surface area (Å²) in [6.07, 6.45) is 9.96. The fourth-order valence-corrected chi connectivity index (χ4v) is 6.44. The number of fused-ring (bicyclic) bond motifs is 4. The minimum absolute atomic E-state index is 0.0474. The number of carbonyl (C=O) groups is 1. The second kappa shape index (κ2) is 5.30. The lowest BCUT2D eigenvalue weighted by molar-refractivity contribution is 0.0511. The van der Waals surface area contributed by atoms with Gasteiger partial charge in [0, 0.05) is 22.9 Å². The highest BCUT2D eigenvalue weighted by Gasteiger charge is 2.58. The van der Waals surface area contributed by atoms with Crippen LogP contribution in [0.4, 0.5) is 0 Å². The highest BCUT2D eigenvalue weighted by molar-refractivity contribution is 6.06. The van der Waals surface area contributed by atoms with Crippen LogP contribution in [0.15, 0.2) is 36.4 Å². The first-order chi connectivity index (χ1) is 12.0. The molecule has 0 unspecified atom stereocenters. The number of ketones is 1. The summed E-state index contributed by atoms with van der Waals surface area (Å²) < 4.78 is 0. The van der Waals surface area contributed by atoms with Gasteiger partial charge in [-0.25, -0.2) is 0 Å². The third kappa shape index (κ3) is 2.10. The Morgan fingerprint density at radius 3 is 2.52 bits per heavy atom. The maximum Gasteiger partial charge on any atom is 0.169 e. The molecule has 1 spiro atoms. The minimum Gasteiger partial charge on any atom is -0.303 e. The Balaban J connectivity index is 1.35. The van der Waals surface area contributed by atoms with E-state index in [2.05, 4.69) is 43.0 Å². The maximum absolute atomic E-state index is 13.0. The second-order valence-corrected chi connectivity index (χ2v) is 9.42. The summed E-state index contributed by atoms with van der Waals surface area (Å²) >= 11 is 0. The second-order valence-electron chi connectivity index (χ2n) is 9.42. The van der Waals surface area contributed by atoms with Gasteiger partial charge in [0.25, 0.3) is 0 Å². The zero-order valence-corrected chi connectivity index (χ0v) is 15.5. The Labute approximate surface area is 151 Å². The quantitative estimate of drug-likeness (QED) is 0.744. The van der Waals surface area contributed by atoms with E-state index in [4.69, 9.17) is 0 Å². The van der Waals surface area contributed by atoms with Gasteiger partial charge in [-0.05, 0) is 62.1 Å². The maximum atomic E-state index is 13.0.